The Morgan fingerprint density at radius 3 is 2.50 bits per heavy atom. The molecule has 0 aliphatic carbocycles. The number of nitrogens with one attached hydrogen (secondary N) is 1. The number of halogens is 3. The molecule has 1 rings (SSSR count). The summed E-state index contributed by atoms with van der Waals surface area (Å²) in [6, 6.07) is 2.47. The first-order valence-corrected chi connectivity index (χ1v) is 5.43. The van der Waals surface area contributed by atoms with Gasteiger partial charge in [-0.15, -0.1) is 0 Å². The largest absolute Gasteiger partial charge is 0.481 e. The maximum atomic E-state index is 11.9. The molecule has 1 aromatic heterocycles. The zero-order valence-corrected chi connectivity index (χ0v) is 10.1. The monoisotopic (exact) mass is 292 g/mol. The fourth-order valence-corrected chi connectivity index (χ4v) is 1.14. The second-order valence-electron chi connectivity index (χ2n) is 3.73. The van der Waals surface area contributed by atoms with E-state index in [-0.39, 0.29) is 24.4 Å². The van der Waals surface area contributed by atoms with Crippen molar-refractivity contribution in [3.63, 3.8) is 0 Å². The van der Waals surface area contributed by atoms with E-state index in [9.17, 15) is 22.8 Å². The molecular weight excluding hydrogens is 281 g/mol. The highest BCUT2D eigenvalue weighted by Crippen LogP contribution is 2.18. The lowest BCUT2D eigenvalue weighted by molar-refractivity contribution is -0.154. The summed E-state index contributed by atoms with van der Waals surface area (Å²) in [6.07, 6.45) is -3.86. The number of nitrogens with zero attached hydrogens (tertiary/aromatic N) is 1. The lowest BCUT2D eigenvalue weighted by Gasteiger charge is -2.09. The van der Waals surface area contributed by atoms with Crippen molar-refractivity contribution in [1.82, 2.24) is 4.98 Å². The van der Waals surface area contributed by atoms with E-state index in [0.29, 0.717) is 0 Å². The third kappa shape index (κ3) is 6.57. The van der Waals surface area contributed by atoms with Crippen LogP contribution in [-0.4, -0.2) is 34.8 Å². The number of carbonyl (C=O) groups excluding carboxylic acids is 1. The van der Waals surface area contributed by atoms with Crippen LogP contribution >= 0.6 is 0 Å². The molecule has 0 aliphatic heterocycles. The molecule has 1 amide bonds. The van der Waals surface area contributed by atoms with Gasteiger partial charge in [0.05, 0.1) is 18.3 Å². The van der Waals surface area contributed by atoms with Crippen molar-refractivity contribution < 1.29 is 32.6 Å². The van der Waals surface area contributed by atoms with Crippen LogP contribution in [0, 0.1) is 0 Å². The van der Waals surface area contributed by atoms with Gasteiger partial charge in [-0.2, -0.15) is 13.2 Å². The van der Waals surface area contributed by atoms with Gasteiger partial charge in [0.25, 0.3) is 0 Å². The van der Waals surface area contributed by atoms with Crippen LogP contribution in [0.2, 0.25) is 0 Å². The summed E-state index contributed by atoms with van der Waals surface area (Å²) in [5.41, 5.74) is 0.236. The molecule has 0 spiro atoms. The molecule has 20 heavy (non-hydrogen) atoms. The highest BCUT2D eigenvalue weighted by molar-refractivity contribution is 5.92. The van der Waals surface area contributed by atoms with Gasteiger partial charge in [0, 0.05) is 12.5 Å². The Morgan fingerprint density at radius 1 is 1.30 bits per heavy atom. The molecule has 1 heterocycles. The summed E-state index contributed by atoms with van der Waals surface area (Å²) in [5.74, 6) is -1.86. The summed E-state index contributed by atoms with van der Waals surface area (Å²) in [7, 11) is 0. The van der Waals surface area contributed by atoms with Gasteiger partial charge in [0.15, 0.2) is 6.61 Å². The zero-order chi connectivity index (χ0) is 15.2. The second-order valence-corrected chi connectivity index (χ2v) is 3.73. The Kier molecular flexibility index (Phi) is 5.30. The van der Waals surface area contributed by atoms with Crippen molar-refractivity contribution in [3.05, 3.63) is 18.3 Å². The van der Waals surface area contributed by atoms with E-state index in [1.165, 1.54) is 12.1 Å². The molecule has 110 valence electrons. The third-order valence-electron chi connectivity index (χ3n) is 1.97. The number of hydrogen-bond donors (Lipinski definition) is 2. The number of carbonyl (C=O) groups is 2. The summed E-state index contributed by atoms with van der Waals surface area (Å²) < 4.78 is 40.0. The van der Waals surface area contributed by atoms with Crippen LogP contribution in [0.4, 0.5) is 18.9 Å². The topological polar surface area (TPSA) is 88.5 Å². The Morgan fingerprint density at radius 2 is 2.00 bits per heavy atom. The van der Waals surface area contributed by atoms with Gasteiger partial charge < -0.3 is 15.2 Å². The lowest BCUT2D eigenvalue weighted by atomic mass is 10.3. The number of ether oxygens (including phenoxy) is 1. The van der Waals surface area contributed by atoms with E-state index in [1.807, 2.05) is 0 Å². The predicted octanol–water partition coefficient (Wildman–Crippen LogP) is 1.83. The minimum atomic E-state index is -4.45. The van der Waals surface area contributed by atoms with Gasteiger partial charge in [-0.3, -0.25) is 9.59 Å². The van der Waals surface area contributed by atoms with E-state index in [4.69, 9.17) is 5.11 Å². The molecule has 6 nitrogen and oxygen atoms in total. The van der Waals surface area contributed by atoms with Crippen molar-refractivity contribution >= 4 is 17.6 Å². The molecule has 0 saturated carbocycles. The van der Waals surface area contributed by atoms with E-state index in [0.717, 1.165) is 6.20 Å². The number of pyridine rings is 1. The first kappa shape index (κ1) is 15.7. The molecule has 2 N–H and O–H groups in total. The summed E-state index contributed by atoms with van der Waals surface area (Å²) in [6.45, 7) is -1.45. The maximum Gasteiger partial charge on any atom is 0.422 e. The van der Waals surface area contributed by atoms with Crippen molar-refractivity contribution in [1.29, 1.82) is 0 Å². The second kappa shape index (κ2) is 6.73. The number of rotatable bonds is 6. The lowest BCUT2D eigenvalue weighted by Crippen LogP contribution is -2.19. The van der Waals surface area contributed by atoms with Gasteiger partial charge in [-0.25, -0.2) is 4.98 Å². The van der Waals surface area contributed by atoms with E-state index < -0.39 is 24.7 Å². The van der Waals surface area contributed by atoms with E-state index >= 15 is 0 Å². The number of carboxylic acids is 1. The average Bonchev–Trinajstić information content (AvgIpc) is 2.34. The van der Waals surface area contributed by atoms with Gasteiger partial charge in [0.1, 0.15) is 0 Å². The summed E-state index contributed by atoms with van der Waals surface area (Å²) >= 11 is 0. The number of aromatic nitrogens is 1. The summed E-state index contributed by atoms with van der Waals surface area (Å²) in [5, 5.41) is 10.7. The molecule has 0 fully saturated rings. The van der Waals surface area contributed by atoms with Crippen LogP contribution in [0.15, 0.2) is 18.3 Å². The van der Waals surface area contributed by atoms with Crippen LogP contribution in [0.25, 0.3) is 0 Å². The van der Waals surface area contributed by atoms with Crippen molar-refractivity contribution in [2.24, 2.45) is 0 Å². The predicted molar refractivity (Wildman–Crippen MR) is 61.3 cm³/mol. The normalized spacial score (nSPS) is 10.9. The van der Waals surface area contributed by atoms with Crippen LogP contribution in [0.5, 0.6) is 5.88 Å². The highest BCUT2D eigenvalue weighted by Gasteiger charge is 2.28. The molecule has 0 aliphatic rings. The molecule has 0 saturated heterocycles. The SMILES string of the molecule is O=C(O)CCC(=O)Nc1ccc(OCC(F)(F)F)nc1. The quantitative estimate of drug-likeness (QED) is 0.835. The van der Waals surface area contributed by atoms with Crippen LogP contribution in [0.1, 0.15) is 12.8 Å². The molecule has 9 heteroatoms. The van der Waals surface area contributed by atoms with Gasteiger partial charge in [0.2, 0.25) is 11.8 Å². The van der Waals surface area contributed by atoms with E-state index in [2.05, 4.69) is 15.0 Å². The molecule has 0 unspecified atom stereocenters. The number of alkyl halides is 3. The third-order valence-corrected chi connectivity index (χ3v) is 1.97. The van der Waals surface area contributed by atoms with Gasteiger partial charge in [-0.05, 0) is 6.07 Å². The number of hydrogen-bond acceptors (Lipinski definition) is 4. The Labute approximate surface area is 111 Å². The number of amides is 1. The fraction of sp³-hybridized carbons (Fsp3) is 0.364. The van der Waals surface area contributed by atoms with Gasteiger partial charge >= 0.3 is 12.1 Å². The standard InChI is InChI=1S/C11H11F3N2O4/c12-11(13,14)6-20-9-3-1-7(5-15-9)16-8(17)2-4-10(18)19/h1,3,5H,2,4,6H2,(H,16,17)(H,18,19). The molecule has 0 bridgehead atoms. The summed E-state index contributed by atoms with van der Waals surface area (Å²) in [4.78, 5) is 25.1. The zero-order valence-electron chi connectivity index (χ0n) is 10.1. The average molecular weight is 292 g/mol. The van der Waals surface area contributed by atoms with Gasteiger partial charge in [-0.1, -0.05) is 0 Å². The number of carboxylic acid groups (broad SMARTS) is 1. The number of aliphatic carboxylic acids is 1. The fourth-order valence-electron chi connectivity index (χ4n) is 1.14. The first-order chi connectivity index (χ1) is 9.26. The Hall–Kier alpha value is -2.32. The van der Waals surface area contributed by atoms with Crippen molar-refractivity contribution in [2.45, 2.75) is 19.0 Å². The number of anilines is 1. The van der Waals surface area contributed by atoms with Crippen LogP contribution in [0.3, 0.4) is 0 Å². The van der Waals surface area contributed by atoms with Crippen molar-refractivity contribution in [2.75, 3.05) is 11.9 Å². The first-order valence-electron chi connectivity index (χ1n) is 5.43. The Balaban J connectivity index is 2.46. The molecular formula is C11H11F3N2O4. The highest BCUT2D eigenvalue weighted by atomic mass is 19.4. The van der Waals surface area contributed by atoms with E-state index in [1.54, 1.807) is 0 Å². The Bertz CT molecular complexity index is 474. The molecule has 0 radical (unpaired) electrons. The molecule has 0 aromatic carbocycles. The maximum absolute atomic E-state index is 11.9. The molecule has 1 aromatic rings. The van der Waals surface area contributed by atoms with Crippen molar-refractivity contribution in [3.8, 4) is 5.88 Å². The minimum Gasteiger partial charge on any atom is -0.481 e. The van der Waals surface area contributed by atoms with Crippen LogP contribution in [-0.2, 0) is 9.59 Å². The molecule has 0 atom stereocenters. The minimum absolute atomic E-state index is 0.207. The van der Waals surface area contributed by atoms with Crippen LogP contribution < -0.4 is 10.1 Å². The smallest absolute Gasteiger partial charge is 0.422 e.